The first-order valence-electron chi connectivity index (χ1n) is 5.51. The molecule has 0 saturated carbocycles. The summed E-state index contributed by atoms with van der Waals surface area (Å²) in [4.78, 5) is 6.55. The molecule has 0 aromatic heterocycles. The van der Waals surface area contributed by atoms with Gasteiger partial charge < -0.3 is 4.90 Å². The van der Waals surface area contributed by atoms with Gasteiger partial charge in [0, 0.05) is 12.4 Å². The lowest BCUT2D eigenvalue weighted by molar-refractivity contribution is 1.19. The monoisotopic (exact) mass is 221 g/mol. The Balaban J connectivity index is 2.33. The predicted molar refractivity (Wildman–Crippen MR) is 69.7 cm³/mol. The lowest BCUT2D eigenvalue weighted by atomic mass is 10.0. The van der Waals surface area contributed by atoms with E-state index in [2.05, 4.69) is 29.3 Å². The molecule has 3 heteroatoms. The quantitative estimate of drug-likeness (QED) is 0.741. The van der Waals surface area contributed by atoms with Crippen molar-refractivity contribution in [1.82, 2.24) is 0 Å². The topological polar surface area (TPSA) is 39.4 Å². The molecule has 0 saturated heterocycles. The number of nitriles is 1. The van der Waals surface area contributed by atoms with Crippen LogP contribution in [-0.4, -0.2) is 12.9 Å². The fourth-order valence-electron chi connectivity index (χ4n) is 2.26. The zero-order valence-electron chi connectivity index (χ0n) is 9.51. The summed E-state index contributed by atoms with van der Waals surface area (Å²) >= 11 is 0. The molecule has 0 bridgehead atoms. The molecule has 3 rings (SSSR count). The van der Waals surface area contributed by atoms with E-state index in [0.29, 0.717) is 6.42 Å². The van der Waals surface area contributed by atoms with Crippen molar-refractivity contribution < 1.29 is 0 Å². The van der Waals surface area contributed by atoms with Gasteiger partial charge in [-0.1, -0.05) is 24.3 Å². The van der Waals surface area contributed by atoms with Gasteiger partial charge in [-0.05, 0) is 17.5 Å². The average Bonchev–Trinajstić information content (AvgIpc) is 2.36. The number of aliphatic imine (C=N–C) groups is 1. The average molecular weight is 221 g/mol. The van der Waals surface area contributed by atoms with Gasteiger partial charge in [0.2, 0.25) is 0 Å². The van der Waals surface area contributed by atoms with Crippen molar-refractivity contribution in [1.29, 1.82) is 5.26 Å². The first-order valence-corrected chi connectivity index (χ1v) is 5.51. The molecule has 0 spiro atoms. The van der Waals surface area contributed by atoms with Crippen LogP contribution < -0.4 is 4.90 Å². The summed E-state index contributed by atoms with van der Waals surface area (Å²) in [6.45, 7) is 0. The number of hydrogen-bond acceptors (Lipinski definition) is 3. The maximum absolute atomic E-state index is 8.82. The third kappa shape index (κ3) is 1.38. The lowest BCUT2D eigenvalue weighted by Gasteiger charge is -2.26. The zero-order valence-corrected chi connectivity index (χ0v) is 9.51. The summed E-state index contributed by atoms with van der Waals surface area (Å²) in [6, 6.07) is 14.4. The van der Waals surface area contributed by atoms with Gasteiger partial charge in [-0.2, -0.15) is 5.26 Å². The highest BCUT2D eigenvalue weighted by Gasteiger charge is 2.18. The highest BCUT2D eigenvalue weighted by atomic mass is 15.2. The van der Waals surface area contributed by atoms with Gasteiger partial charge >= 0.3 is 0 Å². The molecule has 0 radical (unpaired) electrons. The van der Waals surface area contributed by atoms with Crippen LogP contribution in [0.2, 0.25) is 0 Å². The number of rotatable bonds is 1. The second-order valence-electron chi connectivity index (χ2n) is 4.07. The first-order chi connectivity index (χ1) is 8.31. The van der Waals surface area contributed by atoms with Gasteiger partial charge in [-0.25, -0.2) is 4.99 Å². The fourth-order valence-corrected chi connectivity index (χ4v) is 2.26. The minimum atomic E-state index is 0.335. The van der Waals surface area contributed by atoms with Crippen molar-refractivity contribution in [3.05, 3.63) is 36.4 Å². The molecule has 3 nitrogen and oxygen atoms in total. The summed E-state index contributed by atoms with van der Waals surface area (Å²) < 4.78 is 0. The Hall–Kier alpha value is -2.34. The summed E-state index contributed by atoms with van der Waals surface area (Å²) in [7, 11) is 1.96. The van der Waals surface area contributed by atoms with Crippen molar-refractivity contribution >= 4 is 28.0 Å². The Bertz CT molecular complexity index is 659. The van der Waals surface area contributed by atoms with Gasteiger partial charge in [-0.3, -0.25) is 0 Å². The number of nitrogens with zero attached hydrogens (tertiary/aromatic N) is 3. The van der Waals surface area contributed by atoms with Gasteiger partial charge in [0.25, 0.3) is 0 Å². The van der Waals surface area contributed by atoms with Gasteiger partial charge in [-0.15, -0.1) is 0 Å². The number of hydrogen-bond donors (Lipinski definition) is 0. The molecule has 1 heterocycles. The Morgan fingerprint density at radius 3 is 2.76 bits per heavy atom. The molecule has 0 N–H and O–H groups in total. The van der Waals surface area contributed by atoms with E-state index < -0.39 is 0 Å². The second-order valence-corrected chi connectivity index (χ2v) is 4.07. The maximum atomic E-state index is 8.82. The van der Waals surface area contributed by atoms with Crippen molar-refractivity contribution in [3.8, 4) is 6.07 Å². The zero-order chi connectivity index (χ0) is 11.8. The Morgan fingerprint density at radius 1 is 1.24 bits per heavy atom. The van der Waals surface area contributed by atoms with E-state index in [4.69, 9.17) is 5.26 Å². The van der Waals surface area contributed by atoms with Crippen LogP contribution >= 0.6 is 0 Å². The highest BCUT2D eigenvalue weighted by Crippen LogP contribution is 2.38. The fraction of sp³-hybridized carbons (Fsp3) is 0.143. The second kappa shape index (κ2) is 3.60. The summed E-state index contributed by atoms with van der Waals surface area (Å²) in [5.41, 5.74) is 2.08. The van der Waals surface area contributed by atoms with Crippen molar-refractivity contribution in [2.24, 2.45) is 4.99 Å². The van der Waals surface area contributed by atoms with Crippen molar-refractivity contribution in [2.45, 2.75) is 6.42 Å². The molecular formula is C14H11N3. The van der Waals surface area contributed by atoms with Crippen LogP contribution in [0.1, 0.15) is 6.42 Å². The molecule has 0 aliphatic carbocycles. The SMILES string of the molecule is CN1C(CC#N)=Nc2cccc3cccc1c23. The number of amidine groups is 1. The standard InChI is InChI=1S/C14H11N3/c1-17-12-7-3-5-10-4-2-6-11(14(10)12)16-13(17)8-9-15/h2-7H,8H2,1H3. The van der Waals surface area contributed by atoms with Gasteiger partial charge in [0.15, 0.2) is 0 Å². The van der Waals surface area contributed by atoms with Crippen LogP contribution in [0.25, 0.3) is 10.8 Å². The van der Waals surface area contributed by atoms with Crippen LogP contribution in [-0.2, 0) is 0 Å². The summed E-state index contributed by atoms with van der Waals surface area (Å²) in [5.74, 6) is 0.804. The Morgan fingerprint density at radius 2 is 2.00 bits per heavy atom. The first kappa shape index (κ1) is 9.86. The summed E-state index contributed by atoms with van der Waals surface area (Å²) in [5, 5.41) is 11.2. The van der Waals surface area contributed by atoms with Gasteiger partial charge in [0.05, 0.1) is 23.9 Å². The largest absolute Gasteiger partial charge is 0.331 e. The van der Waals surface area contributed by atoms with E-state index in [1.807, 2.05) is 30.1 Å². The predicted octanol–water partition coefficient (Wildman–Crippen LogP) is 3.23. The summed E-state index contributed by atoms with van der Waals surface area (Å²) in [6.07, 6.45) is 0.335. The van der Waals surface area contributed by atoms with Gasteiger partial charge in [0.1, 0.15) is 5.84 Å². The highest BCUT2D eigenvalue weighted by molar-refractivity contribution is 6.14. The molecule has 1 aliphatic rings. The van der Waals surface area contributed by atoms with E-state index >= 15 is 0 Å². The van der Waals surface area contributed by atoms with E-state index in [9.17, 15) is 0 Å². The minimum absolute atomic E-state index is 0.335. The Kier molecular flexibility index (Phi) is 2.09. The molecule has 17 heavy (non-hydrogen) atoms. The maximum Gasteiger partial charge on any atom is 0.123 e. The minimum Gasteiger partial charge on any atom is -0.331 e. The van der Waals surface area contributed by atoms with Crippen LogP contribution in [0.5, 0.6) is 0 Å². The Labute approximate surface area is 99.6 Å². The van der Waals surface area contributed by atoms with E-state index in [1.54, 1.807) is 0 Å². The van der Waals surface area contributed by atoms with E-state index in [0.717, 1.165) is 17.2 Å². The molecule has 2 aromatic carbocycles. The van der Waals surface area contributed by atoms with E-state index in [1.165, 1.54) is 10.8 Å². The van der Waals surface area contributed by atoms with Crippen LogP contribution in [0.4, 0.5) is 11.4 Å². The molecule has 2 aromatic rings. The smallest absolute Gasteiger partial charge is 0.123 e. The normalized spacial score (nSPS) is 13.4. The van der Waals surface area contributed by atoms with Crippen LogP contribution in [0, 0.1) is 11.3 Å². The molecule has 0 fully saturated rings. The van der Waals surface area contributed by atoms with Crippen LogP contribution in [0.3, 0.4) is 0 Å². The molecule has 0 atom stereocenters. The van der Waals surface area contributed by atoms with Crippen molar-refractivity contribution in [2.75, 3.05) is 11.9 Å². The number of benzene rings is 2. The molecule has 1 aliphatic heterocycles. The molecule has 0 unspecified atom stereocenters. The molecule has 82 valence electrons. The lowest BCUT2D eigenvalue weighted by Crippen LogP contribution is -2.27. The molecular weight excluding hydrogens is 210 g/mol. The van der Waals surface area contributed by atoms with Crippen LogP contribution in [0.15, 0.2) is 41.4 Å². The third-order valence-corrected chi connectivity index (χ3v) is 3.10. The molecule has 0 amide bonds. The van der Waals surface area contributed by atoms with Crippen molar-refractivity contribution in [3.63, 3.8) is 0 Å². The third-order valence-electron chi connectivity index (χ3n) is 3.10. The number of anilines is 1. The van der Waals surface area contributed by atoms with E-state index in [-0.39, 0.29) is 0 Å².